The van der Waals surface area contributed by atoms with Gasteiger partial charge in [-0.2, -0.15) is 0 Å². The van der Waals surface area contributed by atoms with Crippen LogP contribution in [0.5, 0.6) is 0 Å². The molecule has 0 unspecified atom stereocenters. The van der Waals surface area contributed by atoms with Crippen LogP contribution in [0.1, 0.15) is 32.3 Å². The third-order valence-corrected chi connectivity index (χ3v) is 7.18. The number of benzene rings is 1. The monoisotopic (exact) mass is 612 g/mol. The van der Waals surface area contributed by atoms with E-state index in [0.717, 1.165) is 29.8 Å². The van der Waals surface area contributed by atoms with E-state index in [1.807, 2.05) is 45.2 Å². The molecule has 12 heteroatoms. The van der Waals surface area contributed by atoms with Gasteiger partial charge in [0.15, 0.2) is 0 Å². The van der Waals surface area contributed by atoms with Crippen molar-refractivity contribution in [3.63, 3.8) is 0 Å². The lowest BCUT2D eigenvalue weighted by molar-refractivity contribution is -0.120. The first-order valence-corrected chi connectivity index (χ1v) is 16.4. The summed E-state index contributed by atoms with van der Waals surface area (Å²) in [5.41, 5.74) is 0.963. The number of carbonyl (C=O) groups excluding carboxylic acids is 2. The van der Waals surface area contributed by atoms with E-state index in [0.29, 0.717) is 84.2 Å². The lowest BCUT2D eigenvalue weighted by atomic mass is 10.1. The first-order chi connectivity index (χ1) is 20.0. The zero-order valence-corrected chi connectivity index (χ0v) is 26.4. The SMILES string of the molecule is CNCCOCCOCCOCCNC(=O)Cc1ccc(SSCOCCCCNC(=O)NCC#CC(C)C)cc1. The molecule has 0 atom stereocenters. The Morgan fingerprint density at radius 2 is 1.49 bits per heavy atom. The first kappa shape index (κ1) is 37.0. The lowest BCUT2D eigenvalue weighted by Crippen LogP contribution is -2.36. The molecule has 0 aliphatic rings. The predicted octanol–water partition coefficient (Wildman–Crippen LogP) is 3.07. The molecule has 1 rings (SSSR count). The molecule has 0 saturated heterocycles. The van der Waals surface area contributed by atoms with Crippen LogP contribution < -0.4 is 21.3 Å². The van der Waals surface area contributed by atoms with Gasteiger partial charge in [0.1, 0.15) is 5.94 Å². The molecule has 0 aromatic heterocycles. The van der Waals surface area contributed by atoms with Crippen molar-refractivity contribution >= 4 is 33.5 Å². The molecule has 10 nitrogen and oxygen atoms in total. The second kappa shape index (κ2) is 26.9. The van der Waals surface area contributed by atoms with Crippen molar-refractivity contribution < 1.29 is 28.5 Å². The Morgan fingerprint density at radius 3 is 2.17 bits per heavy atom. The lowest BCUT2D eigenvalue weighted by Gasteiger charge is -2.08. The summed E-state index contributed by atoms with van der Waals surface area (Å²) in [6.45, 7) is 10.2. The van der Waals surface area contributed by atoms with Gasteiger partial charge in [0.2, 0.25) is 5.91 Å². The van der Waals surface area contributed by atoms with Crippen molar-refractivity contribution in [1.29, 1.82) is 0 Å². The molecule has 41 heavy (non-hydrogen) atoms. The summed E-state index contributed by atoms with van der Waals surface area (Å²) < 4.78 is 21.9. The summed E-state index contributed by atoms with van der Waals surface area (Å²) in [5, 5.41) is 11.4. The minimum Gasteiger partial charge on any atom is -0.378 e. The van der Waals surface area contributed by atoms with Crippen molar-refractivity contribution in [1.82, 2.24) is 21.3 Å². The Kier molecular flexibility index (Phi) is 24.3. The summed E-state index contributed by atoms with van der Waals surface area (Å²) in [6, 6.07) is 7.78. The topological polar surface area (TPSA) is 119 Å². The third-order valence-electron chi connectivity index (χ3n) is 5.11. The molecule has 0 aliphatic carbocycles. The zero-order chi connectivity index (χ0) is 29.8. The Hall–Kier alpha value is -1.98. The molecule has 0 heterocycles. The maximum Gasteiger partial charge on any atom is 0.315 e. The predicted molar refractivity (Wildman–Crippen MR) is 167 cm³/mol. The number of carbonyl (C=O) groups is 2. The van der Waals surface area contributed by atoms with Crippen molar-refractivity contribution in [2.45, 2.75) is 38.0 Å². The normalized spacial score (nSPS) is 10.7. The Labute approximate surface area is 253 Å². The number of nitrogens with one attached hydrogen (secondary N) is 4. The largest absolute Gasteiger partial charge is 0.378 e. The highest BCUT2D eigenvalue weighted by atomic mass is 33.1. The van der Waals surface area contributed by atoms with E-state index in [4.69, 9.17) is 18.9 Å². The average Bonchev–Trinajstić information content (AvgIpc) is 2.95. The fourth-order valence-electron chi connectivity index (χ4n) is 3.05. The quantitative estimate of drug-likeness (QED) is 0.0605. The number of unbranched alkanes of at least 4 members (excludes halogenated alkanes) is 1. The highest BCUT2D eigenvalue weighted by Crippen LogP contribution is 2.31. The second-order valence-electron chi connectivity index (χ2n) is 9.13. The summed E-state index contributed by atoms with van der Waals surface area (Å²) >= 11 is 0. The van der Waals surface area contributed by atoms with Crippen LogP contribution >= 0.6 is 21.6 Å². The Bertz CT molecular complexity index is 865. The van der Waals surface area contributed by atoms with Gasteiger partial charge < -0.3 is 40.2 Å². The smallest absolute Gasteiger partial charge is 0.315 e. The van der Waals surface area contributed by atoms with Crippen LogP contribution in [0.3, 0.4) is 0 Å². The molecule has 1 aromatic rings. The van der Waals surface area contributed by atoms with Crippen LogP contribution in [0, 0.1) is 17.8 Å². The molecule has 3 amide bonds. The maximum absolute atomic E-state index is 12.2. The summed E-state index contributed by atoms with van der Waals surface area (Å²) in [6.07, 6.45) is 2.07. The van der Waals surface area contributed by atoms with Gasteiger partial charge in [-0.3, -0.25) is 4.79 Å². The van der Waals surface area contributed by atoms with Crippen LogP contribution in [-0.2, 0) is 30.2 Å². The van der Waals surface area contributed by atoms with Crippen molar-refractivity contribution in [2.24, 2.45) is 5.92 Å². The van der Waals surface area contributed by atoms with Crippen LogP contribution in [0.2, 0.25) is 0 Å². The van der Waals surface area contributed by atoms with E-state index in [-0.39, 0.29) is 11.9 Å². The van der Waals surface area contributed by atoms with E-state index in [2.05, 4.69) is 33.1 Å². The summed E-state index contributed by atoms with van der Waals surface area (Å²) in [5.74, 6) is 6.78. The molecule has 4 N–H and O–H groups in total. The van der Waals surface area contributed by atoms with Gasteiger partial charge in [0.25, 0.3) is 0 Å². The molecule has 0 fully saturated rings. The first-order valence-electron chi connectivity index (χ1n) is 14.1. The summed E-state index contributed by atoms with van der Waals surface area (Å²) in [4.78, 5) is 24.9. The van der Waals surface area contributed by atoms with Crippen molar-refractivity contribution in [2.75, 3.05) is 85.4 Å². The minimum absolute atomic E-state index is 0.0291. The Balaban J connectivity index is 1.95. The number of likely N-dealkylation sites (N-methyl/N-ethyl adjacent to an activating group) is 1. The molecule has 0 bridgehead atoms. The number of amides is 3. The van der Waals surface area contributed by atoms with Gasteiger partial charge in [0.05, 0.1) is 52.6 Å². The molecular weight excluding hydrogens is 564 g/mol. The van der Waals surface area contributed by atoms with Crippen LogP contribution in [-0.4, -0.2) is 97.4 Å². The molecule has 0 aliphatic heterocycles. The van der Waals surface area contributed by atoms with E-state index in [1.54, 1.807) is 21.6 Å². The molecular formula is C29H48N4O6S2. The zero-order valence-electron chi connectivity index (χ0n) is 24.8. The Morgan fingerprint density at radius 1 is 0.805 bits per heavy atom. The van der Waals surface area contributed by atoms with Gasteiger partial charge in [-0.25, -0.2) is 4.79 Å². The van der Waals surface area contributed by atoms with E-state index in [1.165, 1.54) is 0 Å². The minimum atomic E-state index is -0.191. The van der Waals surface area contributed by atoms with Gasteiger partial charge in [0, 0.05) is 37.1 Å². The number of urea groups is 1. The highest BCUT2D eigenvalue weighted by molar-refractivity contribution is 8.76. The molecule has 0 spiro atoms. The number of hydrogen-bond acceptors (Lipinski definition) is 9. The number of rotatable bonds is 24. The van der Waals surface area contributed by atoms with Crippen LogP contribution in [0.25, 0.3) is 0 Å². The van der Waals surface area contributed by atoms with Crippen molar-refractivity contribution in [3.05, 3.63) is 29.8 Å². The van der Waals surface area contributed by atoms with Gasteiger partial charge in [-0.1, -0.05) is 59.4 Å². The third kappa shape index (κ3) is 24.3. The standard InChI is InChI=1S/C29H48N4O6S2/c1-25(2)7-6-13-33-29(35)32-12-4-5-16-39-24-40-41-27-10-8-26(9-11-27)23-28(34)31-15-18-37-20-22-38-21-19-36-17-14-30-3/h8-11,25,30H,4-5,12-24H2,1-3H3,(H,31,34)(H2,32,33,35). The van der Waals surface area contributed by atoms with E-state index < -0.39 is 0 Å². The fraction of sp³-hybridized carbons (Fsp3) is 0.655. The molecule has 0 radical (unpaired) electrons. The van der Waals surface area contributed by atoms with Gasteiger partial charge in [-0.05, 0) is 37.6 Å². The van der Waals surface area contributed by atoms with Gasteiger partial charge in [-0.15, -0.1) is 0 Å². The number of hydrogen-bond donors (Lipinski definition) is 4. The summed E-state index contributed by atoms with van der Waals surface area (Å²) in [7, 11) is 5.15. The van der Waals surface area contributed by atoms with E-state index in [9.17, 15) is 9.59 Å². The van der Waals surface area contributed by atoms with Crippen LogP contribution in [0.15, 0.2) is 29.2 Å². The number of ether oxygens (including phenoxy) is 4. The van der Waals surface area contributed by atoms with Crippen LogP contribution in [0.4, 0.5) is 4.79 Å². The highest BCUT2D eigenvalue weighted by Gasteiger charge is 2.04. The maximum atomic E-state index is 12.2. The second-order valence-corrected chi connectivity index (χ2v) is 11.4. The van der Waals surface area contributed by atoms with Crippen molar-refractivity contribution in [3.8, 4) is 11.8 Å². The molecule has 1 aromatic carbocycles. The molecule has 232 valence electrons. The fourth-order valence-corrected chi connectivity index (χ4v) is 4.76. The average molecular weight is 613 g/mol. The van der Waals surface area contributed by atoms with Gasteiger partial charge >= 0.3 is 6.03 Å². The molecule has 0 saturated carbocycles. The van der Waals surface area contributed by atoms with E-state index >= 15 is 0 Å².